The van der Waals surface area contributed by atoms with Gasteiger partial charge in [-0.15, -0.1) is 0 Å². The molecule has 2 atom stereocenters. The van der Waals surface area contributed by atoms with E-state index in [0.717, 1.165) is 35.5 Å². The SMILES string of the molecule is CN1C[C@H]2C[C@@]2(C#Cc2ccc3c(Nc4cccc(Cl)c4F)ncnc3c2)C1. The molecule has 6 heteroatoms. The molecule has 28 heavy (non-hydrogen) atoms. The minimum absolute atomic E-state index is 0.0660. The number of nitrogens with zero attached hydrogens (tertiary/aromatic N) is 3. The van der Waals surface area contributed by atoms with Crippen molar-refractivity contribution in [2.24, 2.45) is 11.3 Å². The van der Waals surface area contributed by atoms with Crippen LogP contribution in [0, 0.1) is 29.0 Å². The first-order chi connectivity index (χ1) is 13.5. The van der Waals surface area contributed by atoms with Crippen molar-refractivity contribution in [1.29, 1.82) is 0 Å². The standard InChI is InChI=1S/C22H18ClFN4/c1-28-11-15-10-22(15,12-28)8-7-14-5-6-16-19(9-14)25-13-26-21(16)27-18-4-2-3-17(23)20(18)24/h2-6,9,13,15H,10-12H2,1H3,(H,25,26,27)/t15-,22+/m1/s1. The molecule has 1 saturated heterocycles. The molecule has 0 radical (unpaired) electrons. The summed E-state index contributed by atoms with van der Waals surface area (Å²) in [6.45, 7) is 2.20. The average Bonchev–Trinajstić information content (AvgIpc) is 3.25. The summed E-state index contributed by atoms with van der Waals surface area (Å²) in [6, 6.07) is 10.7. The molecule has 2 aromatic carbocycles. The highest BCUT2D eigenvalue weighted by Gasteiger charge is 2.58. The van der Waals surface area contributed by atoms with E-state index in [-0.39, 0.29) is 16.1 Å². The highest BCUT2D eigenvalue weighted by Crippen LogP contribution is 2.56. The van der Waals surface area contributed by atoms with E-state index in [1.54, 1.807) is 12.1 Å². The zero-order valence-electron chi connectivity index (χ0n) is 15.3. The summed E-state index contributed by atoms with van der Waals surface area (Å²) in [5.74, 6) is 7.58. The summed E-state index contributed by atoms with van der Waals surface area (Å²) in [5, 5.41) is 3.89. The van der Waals surface area contributed by atoms with Gasteiger partial charge in [0, 0.05) is 29.5 Å². The molecule has 0 unspecified atom stereocenters. The lowest BCUT2D eigenvalue weighted by Gasteiger charge is -2.11. The number of nitrogens with one attached hydrogen (secondary N) is 1. The molecule has 1 N–H and O–H groups in total. The quantitative estimate of drug-likeness (QED) is 0.653. The van der Waals surface area contributed by atoms with E-state index < -0.39 is 5.82 Å². The summed E-state index contributed by atoms with van der Waals surface area (Å²) < 4.78 is 14.2. The Morgan fingerprint density at radius 1 is 1.29 bits per heavy atom. The van der Waals surface area contributed by atoms with E-state index in [2.05, 4.69) is 39.1 Å². The third-order valence-electron chi connectivity index (χ3n) is 5.61. The molecule has 2 heterocycles. The number of likely N-dealkylation sites (tertiary alicyclic amines) is 1. The third-order valence-corrected chi connectivity index (χ3v) is 5.90. The van der Waals surface area contributed by atoms with Gasteiger partial charge in [-0.05, 0) is 49.7 Å². The Hall–Kier alpha value is -2.68. The van der Waals surface area contributed by atoms with Crippen LogP contribution in [0.15, 0.2) is 42.7 Å². The lowest BCUT2D eigenvalue weighted by Crippen LogP contribution is -2.19. The second-order valence-electron chi connectivity index (χ2n) is 7.68. The van der Waals surface area contributed by atoms with Crippen molar-refractivity contribution in [2.45, 2.75) is 6.42 Å². The molecule has 1 aliphatic carbocycles. The molecular weight excluding hydrogens is 375 g/mol. The lowest BCUT2D eigenvalue weighted by atomic mass is 10.1. The number of piperidine rings is 1. The Kier molecular flexibility index (Phi) is 4.01. The summed E-state index contributed by atoms with van der Waals surface area (Å²) in [5.41, 5.74) is 2.16. The molecular formula is C22H18ClFN4. The highest BCUT2D eigenvalue weighted by molar-refractivity contribution is 6.31. The minimum atomic E-state index is -0.502. The van der Waals surface area contributed by atoms with Crippen LogP contribution in [0.4, 0.5) is 15.9 Å². The lowest BCUT2D eigenvalue weighted by molar-refractivity contribution is 0.360. The van der Waals surface area contributed by atoms with Crippen LogP contribution in [-0.2, 0) is 0 Å². The van der Waals surface area contributed by atoms with Gasteiger partial charge in [-0.2, -0.15) is 0 Å². The highest BCUT2D eigenvalue weighted by atomic mass is 35.5. The van der Waals surface area contributed by atoms with Crippen molar-refractivity contribution in [3.05, 3.63) is 59.1 Å². The number of halogens is 2. The molecule has 140 valence electrons. The zero-order chi connectivity index (χ0) is 19.3. The molecule has 1 aromatic heterocycles. The number of hydrogen-bond donors (Lipinski definition) is 1. The molecule has 4 nitrogen and oxygen atoms in total. The number of hydrogen-bond acceptors (Lipinski definition) is 4. The normalized spacial score (nSPS) is 23.2. The smallest absolute Gasteiger partial charge is 0.165 e. The van der Waals surface area contributed by atoms with Gasteiger partial charge in [0.25, 0.3) is 0 Å². The molecule has 2 aliphatic rings. The van der Waals surface area contributed by atoms with Crippen molar-refractivity contribution in [3.63, 3.8) is 0 Å². The average molecular weight is 393 g/mol. The van der Waals surface area contributed by atoms with Crippen LogP contribution in [0.2, 0.25) is 5.02 Å². The van der Waals surface area contributed by atoms with Crippen LogP contribution in [0.3, 0.4) is 0 Å². The maximum absolute atomic E-state index is 14.2. The van der Waals surface area contributed by atoms with Crippen LogP contribution in [0.1, 0.15) is 12.0 Å². The van der Waals surface area contributed by atoms with Gasteiger partial charge in [-0.1, -0.05) is 29.5 Å². The second kappa shape index (κ2) is 6.44. The van der Waals surface area contributed by atoms with E-state index in [0.29, 0.717) is 5.82 Å². The Morgan fingerprint density at radius 3 is 3.00 bits per heavy atom. The monoisotopic (exact) mass is 392 g/mol. The van der Waals surface area contributed by atoms with Crippen molar-refractivity contribution in [1.82, 2.24) is 14.9 Å². The topological polar surface area (TPSA) is 41.0 Å². The van der Waals surface area contributed by atoms with E-state index in [9.17, 15) is 4.39 Å². The summed E-state index contributed by atoms with van der Waals surface area (Å²) in [7, 11) is 2.15. The van der Waals surface area contributed by atoms with Gasteiger partial charge >= 0.3 is 0 Å². The summed E-state index contributed by atoms with van der Waals surface area (Å²) >= 11 is 5.87. The Labute approximate surface area is 167 Å². The van der Waals surface area contributed by atoms with Crippen molar-refractivity contribution >= 4 is 34.0 Å². The Balaban J connectivity index is 1.45. The second-order valence-corrected chi connectivity index (χ2v) is 8.09. The largest absolute Gasteiger partial charge is 0.337 e. The van der Waals surface area contributed by atoms with Gasteiger partial charge < -0.3 is 10.2 Å². The maximum atomic E-state index is 14.2. The van der Waals surface area contributed by atoms with Gasteiger partial charge in [0.2, 0.25) is 0 Å². The number of aromatic nitrogens is 2. The molecule has 1 saturated carbocycles. The number of fused-ring (bicyclic) bond motifs is 2. The molecule has 2 fully saturated rings. The first-order valence-electron chi connectivity index (χ1n) is 9.22. The predicted molar refractivity (Wildman–Crippen MR) is 109 cm³/mol. The van der Waals surface area contributed by atoms with Crippen molar-refractivity contribution in [2.75, 3.05) is 25.5 Å². The number of benzene rings is 2. The molecule has 5 rings (SSSR count). The van der Waals surface area contributed by atoms with Gasteiger partial charge in [0.05, 0.1) is 16.2 Å². The fourth-order valence-electron chi connectivity index (χ4n) is 4.09. The van der Waals surface area contributed by atoms with Gasteiger partial charge in [0.15, 0.2) is 5.82 Å². The van der Waals surface area contributed by atoms with Crippen LogP contribution < -0.4 is 5.32 Å². The third kappa shape index (κ3) is 2.99. The van der Waals surface area contributed by atoms with E-state index in [4.69, 9.17) is 11.6 Å². The Bertz CT molecular complexity index is 1150. The van der Waals surface area contributed by atoms with Gasteiger partial charge in [-0.25, -0.2) is 14.4 Å². The van der Waals surface area contributed by atoms with Crippen LogP contribution in [-0.4, -0.2) is 35.0 Å². The molecule has 0 bridgehead atoms. The molecule has 1 aliphatic heterocycles. The predicted octanol–water partition coefficient (Wildman–Crippen LogP) is 4.47. The van der Waals surface area contributed by atoms with Crippen molar-refractivity contribution in [3.8, 4) is 11.8 Å². The van der Waals surface area contributed by atoms with Crippen LogP contribution in [0.25, 0.3) is 10.9 Å². The molecule has 0 spiro atoms. The van der Waals surface area contributed by atoms with Crippen LogP contribution >= 0.6 is 11.6 Å². The first-order valence-corrected chi connectivity index (χ1v) is 9.59. The van der Waals surface area contributed by atoms with Crippen molar-refractivity contribution < 1.29 is 4.39 Å². The first kappa shape index (κ1) is 17.4. The molecule has 0 amide bonds. The van der Waals surface area contributed by atoms with E-state index in [1.807, 2.05) is 18.2 Å². The van der Waals surface area contributed by atoms with Crippen LogP contribution in [0.5, 0.6) is 0 Å². The number of anilines is 2. The zero-order valence-corrected chi connectivity index (χ0v) is 16.1. The number of rotatable bonds is 2. The summed E-state index contributed by atoms with van der Waals surface area (Å²) in [4.78, 5) is 11.0. The summed E-state index contributed by atoms with van der Waals surface area (Å²) in [6.07, 6.45) is 2.67. The van der Waals surface area contributed by atoms with E-state index in [1.165, 1.54) is 18.8 Å². The molecule has 3 aromatic rings. The van der Waals surface area contributed by atoms with Gasteiger partial charge in [0.1, 0.15) is 12.1 Å². The maximum Gasteiger partial charge on any atom is 0.165 e. The Morgan fingerprint density at radius 2 is 2.18 bits per heavy atom. The van der Waals surface area contributed by atoms with E-state index >= 15 is 0 Å². The van der Waals surface area contributed by atoms with Gasteiger partial charge in [-0.3, -0.25) is 0 Å². The minimum Gasteiger partial charge on any atom is -0.337 e. The fourth-order valence-corrected chi connectivity index (χ4v) is 4.26. The fraction of sp³-hybridized carbons (Fsp3) is 0.273.